The maximum absolute atomic E-state index is 14.6. The molecule has 3 rings (SSSR count). The third kappa shape index (κ3) is 4.00. The van der Waals surface area contributed by atoms with Crippen molar-refractivity contribution in [3.63, 3.8) is 0 Å². The zero-order valence-corrected chi connectivity index (χ0v) is 14.0. The fourth-order valence-corrected chi connectivity index (χ4v) is 3.69. The van der Waals surface area contributed by atoms with Gasteiger partial charge in [-0.3, -0.25) is 18.3 Å². The van der Waals surface area contributed by atoms with Gasteiger partial charge in [0.05, 0.1) is 12.7 Å². The van der Waals surface area contributed by atoms with Gasteiger partial charge >= 0.3 is 13.0 Å². The summed E-state index contributed by atoms with van der Waals surface area (Å²) in [6.07, 6.45) is -1.75. The number of aromatic nitrogens is 4. The van der Waals surface area contributed by atoms with Crippen LogP contribution in [0, 0.1) is 0 Å². The molecular weight excluding hydrogens is 384 g/mol. The van der Waals surface area contributed by atoms with Crippen LogP contribution in [0.1, 0.15) is 6.42 Å². The molecule has 1 fully saturated rings. The number of hydrogen-bond acceptors (Lipinski definition) is 9. The van der Waals surface area contributed by atoms with E-state index in [1.807, 2.05) is 0 Å². The molecule has 0 amide bonds. The van der Waals surface area contributed by atoms with Crippen molar-refractivity contribution in [2.75, 3.05) is 12.3 Å². The Balaban J connectivity index is 1.78. The highest BCUT2D eigenvalue weighted by Gasteiger charge is 2.46. The Bertz CT molecular complexity index is 897. The van der Waals surface area contributed by atoms with E-state index in [0.717, 1.165) is 10.3 Å². The van der Waals surface area contributed by atoms with Gasteiger partial charge in [-0.05, 0) is 0 Å². The second-order valence-corrected chi connectivity index (χ2v) is 7.51. The van der Waals surface area contributed by atoms with E-state index in [1.54, 1.807) is 0 Å². The predicted octanol–water partition coefficient (Wildman–Crippen LogP) is -0.920. The Morgan fingerprint density at radius 2 is 2.32 bits per heavy atom. The molecule has 2 aromatic heterocycles. The quantitative estimate of drug-likeness (QED) is 0.310. The molecule has 0 bridgehead atoms. The third-order valence-electron chi connectivity index (χ3n) is 3.27. The molecule has 0 saturated carbocycles. The van der Waals surface area contributed by atoms with Crippen LogP contribution in [-0.4, -0.2) is 57.8 Å². The van der Waals surface area contributed by atoms with Gasteiger partial charge in [-0.15, -0.1) is 0 Å². The summed E-state index contributed by atoms with van der Waals surface area (Å²) in [5.74, 6) is -0.213. The van der Waals surface area contributed by atoms with Crippen LogP contribution < -0.4 is 11.3 Å². The fourth-order valence-electron chi connectivity index (χ4n) is 2.28. The number of hydrogen-bond donors (Lipinski definition) is 5. The number of alkyl halides is 1. The largest absolute Gasteiger partial charge is 0.469 e. The summed E-state index contributed by atoms with van der Waals surface area (Å²) in [5, 5.41) is 7.01. The number of rotatable bonds is 5. The van der Waals surface area contributed by atoms with Crippen molar-refractivity contribution in [1.29, 1.82) is 0 Å². The number of phosphoric ester groups is 1. The van der Waals surface area contributed by atoms with Crippen molar-refractivity contribution in [2.45, 2.75) is 23.8 Å². The number of nitrogen functional groups attached to an aromatic ring is 1. The Morgan fingerprint density at radius 3 is 3.00 bits per heavy atom. The van der Waals surface area contributed by atoms with Gasteiger partial charge in [-0.1, -0.05) is 0 Å². The maximum atomic E-state index is 14.6. The summed E-state index contributed by atoms with van der Waals surface area (Å²) in [5.41, 5.74) is 4.63. The van der Waals surface area contributed by atoms with E-state index in [9.17, 15) is 18.9 Å². The summed E-state index contributed by atoms with van der Waals surface area (Å²) in [6, 6.07) is 0. The number of aliphatic hydroxyl groups is 1. The van der Waals surface area contributed by atoms with Gasteiger partial charge in [0.2, 0.25) is 5.95 Å². The molecule has 1 aliphatic rings. The van der Waals surface area contributed by atoms with Crippen molar-refractivity contribution < 1.29 is 33.1 Å². The van der Waals surface area contributed by atoms with E-state index < -0.39 is 30.8 Å². The van der Waals surface area contributed by atoms with E-state index in [-0.39, 0.29) is 42.1 Å². The molecule has 25 heavy (non-hydrogen) atoms. The highest BCUT2D eigenvalue weighted by atomic mass is 32.2. The third-order valence-corrected chi connectivity index (χ3v) is 4.82. The van der Waals surface area contributed by atoms with Gasteiger partial charge in [0.25, 0.3) is 5.56 Å². The normalized spacial score (nSPS) is 23.8. The van der Waals surface area contributed by atoms with Gasteiger partial charge in [0.1, 0.15) is 12.4 Å². The smallest absolute Gasteiger partial charge is 0.369 e. The molecule has 0 aliphatic carbocycles. The van der Waals surface area contributed by atoms with Gasteiger partial charge in [-0.2, -0.15) is 9.37 Å². The highest BCUT2D eigenvalue weighted by Crippen LogP contribution is 2.43. The molecular formula is C10H13FN5O7PS. The highest BCUT2D eigenvalue weighted by molar-refractivity contribution is 7.99. The first-order valence-electron chi connectivity index (χ1n) is 6.74. The number of halogens is 1. The predicted molar refractivity (Wildman–Crippen MR) is 82.9 cm³/mol. The monoisotopic (exact) mass is 397 g/mol. The number of nitrogens with zero attached hydrogens (tertiary/aromatic N) is 3. The number of fused-ring (bicyclic) bond motifs is 1. The zero-order chi connectivity index (χ0) is 18.4. The maximum Gasteiger partial charge on any atom is 0.469 e. The van der Waals surface area contributed by atoms with E-state index in [4.69, 9.17) is 20.3 Å². The van der Waals surface area contributed by atoms with Crippen molar-refractivity contribution in [3.05, 3.63) is 16.7 Å². The van der Waals surface area contributed by atoms with E-state index in [1.165, 1.54) is 0 Å². The second-order valence-electron chi connectivity index (χ2n) is 5.17. The lowest BCUT2D eigenvalue weighted by Gasteiger charge is -2.23. The molecule has 1 saturated heterocycles. The summed E-state index contributed by atoms with van der Waals surface area (Å²) >= 11 is 0.214. The summed E-state index contributed by atoms with van der Waals surface area (Å²) in [4.78, 5) is 39.0. The van der Waals surface area contributed by atoms with Gasteiger partial charge in [-0.25, -0.2) is 9.55 Å². The minimum atomic E-state index is -4.76. The number of nitrogens with one attached hydrogen (secondary N) is 1. The van der Waals surface area contributed by atoms with Crippen LogP contribution in [0.3, 0.4) is 0 Å². The molecule has 138 valence electrons. The van der Waals surface area contributed by atoms with Crippen molar-refractivity contribution >= 4 is 36.9 Å². The van der Waals surface area contributed by atoms with Crippen LogP contribution in [-0.2, 0) is 13.8 Å². The first-order valence-corrected chi connectivity index (χ1v) is 9.05. The number of anilines is 1. The number of imidazole rings is 1. The summed E-state index contributed by atoms with van der Waals surface area (Å²) < 4.78 is 35.9. The van der Waals surface area contributed by atoms with Gasteiger partial charge < -0.3 is 25.4 Å². The number of phosphoric acid groups is 1. The van der Waals surface area contributed by atoms with Crippen LogP contribution >= 0.6 is 19.8 Å². The first kappa shape index (κ1) is 18.3. The van der Waals surface area contributed by atoms with Crippen LogP contribution in [0.2, 0.25) is 0 Å². The number of H-pyrrole nitrogens is 1. The topological polar surface area (TPSA) is 186 Å². The minimum Gasteiger partial charge on any atom is -0.369 e. The van der Waals surface area contributed by atoms with Gasteiger partial charge in [0.15, 0.2) is 11.2 Å². The Hall–Kier alpha value is -1.54. The van der Waals surface area contributed by atoms with Crippen LogP contribution in [0.5, 0.6) is 0 Å². The minimum absolute atomic E-state index is 0.0664. The summed E-state index contributed by atoms with van der Waals surface area (Å²) in [6.45, 7) is -0.307. The second kappa shape index (κ2) is 6.32. The summed E-state index contributed by atoms with van der Waals surface area (Å²) in [7, 11) is -4.76. The average molecular weight is 397 g/mol. The van der Waals surface area contributed by atoms with E-state index >= 15 is 0 Å². The molecule has 15 heteroatoms. The van der Waals surface area contributed by atoms with E-state index in [2.05, 4.69) is 19.5 Å². The van der Waals surface area contributed by atoms with Crippen molar-refractivity contribution in [2.24, 2.45) is 0 Å². The molecule has 3 unspecified atom stereocenters. The molecule has 3 atom stereocenters. The fraction of sp³-hybridized carbons (Fsp3) is 0.500. The molecule has 3 heterocycles. The number of ether oxygens (including phenoxy) is 1. The van der Waals surface area contributed by atoms with Gasteiger partial charge in [0, 0.05) is 18.4 Å². The van der Waals surface area contributed by atoms with Crippen molar-refractivity contribution in [3.8, 4) is 0 Å². The lowest BCUT2D eigenvalue weighted by molar-refractivity contribution is -0.103. The lowest BCUT2D eigenvalue weighted by Crippen LogP contribution is -2.35. The molecule has 2 aromatic rings. The van der Waals surface area contributed by atoms with E-state index in [0.29, 0.717) is 0 Å². The molecule has 12 nitrogen and oxygen atoms in total. The van der Waals surface area contributed by atoms with Crippen LogP contribution in [0.25, 0.3) is 11.2 Å². The number of aromatic amines is 1. The Kier molecular flexibility index (Phi) is 4.61. The Morgan fingerprint density at radius 1 is 1.60 bits per heavy atom. The zero-order valence-electron chi connectivity index (χ0n) is 12.3. The molecule has 0 radical (unpaired) electrons. The standard InChI is InChI=1S/C10H13FN5O7PS/c11-10(18,5-1-4(2-22-5)23-24(19,20)21)25-16-3-13-6-7(16)14-9(12)15-8(6)17/h3-5,18H,1-2H2,(H2,19,20,21)(H3,12,14,15,17). The Labute approximate surface area is 142 Å². The molecule has 0 spiro atoms. The van der Waals surface area contributed by atoms with Crippen molar-refractivity contribution in [1.82, 2.24) is 18.9 Å². The van der Waals surface area contributed by atoms with Crippen LogP contribution in [0.15, 0.2) is 11.1 Å². The number of nitrogens with two attached hydrogens (primary N) is 1. The lowest BCUT2D eigenvalue weighted by atomic mass is 10.2. The SMILES string of the molecule is Nc1nc2c(ncn2SC(O)(F)C2CC(OP(=O)(O)O)CO2)c(=O)[nH]1. The average Bonchev–Trinajstić information content (AvgIpc) is 3.05. The first-order chi connectivity index (χ1) is 11.5. The molecule has 1 aliphatic heterocycles. The molecule has 6 N–H and O–H groups in total. The van der Waals surface area contributed by atoms with Crippen LogP contribution in [0.4, 0.5) is 10.3 Å². The molecule has 0 aromatic carbocycles.